The minimum atomic E-state index is -0.833. The van der Waals surface area contributed by atoms with E-state index in [1.807, 2.05) is 57.2 Å². The van der Waals surface area contributed by atoms with Crippen LogP contribution in [0.25, 0.3) is 0 Å². The molecule has 0 spiro atoms. The number of rotatable bonds is 6. The maximum atomic E-state index is 12.0. The second-order valence-corrected chi connectivity index (χ2v) is 5.82. The number of amides is 2. The first-order chi connectivity index (χ1) is 12.5. The summed E-state index contributed by atoms with van der Waals surface area (Å²) in [5.74, 6) is -0.869. The normalized spacial score (nSPS) is 10.6. The van der Waals surface area contributed by atoms with Crippen molar-refractivity contribution in [1.29, 1.82) is 0 Å². The number of aryl methyl sites for hydroxylation is 1. The Hall–Kier alpha value is -3.15. The number of nitrogens with zero attached hydrogens (tertiary/aromatic N) is 1. The summed E-state index contributed by atoms with van der Waals surface area (Å²) in [4.78, 5) is 23.9. The summed E-state index contributed by atoms with van der Waals surface area (Å²) in [5.41, 5.74) is 5.54. The largest absolute Gasteiger partial charge is 0.494 e. The van der Waals surface area contributed by atoms with Gasteiger partial charge in [0.1, 0.15) is 5.75 Å². The molecule has 6 heteroatoms. The number of carbonyl (C=O) groups excluding carboxylic acids is 2. The Morgan fingerprint density at radius 2 is 1.88 bits per heavy atom. The molecule has 2 amide bonds. The van der Waals surface area contributed by atoms with E-state index >= 15 is 0 Å². The Bertz CT molecular complexity index is 816. The van der Waals surface area contributed by atoms with Gasteiger partial charge in [-0.05, 0) is 55.2 Å². The van der Waals surface area contributed by atoms with Gasteiger partial charge in [0.25, 0.3) is 0 Å². The Kier molecular flexibility index (Phi) is 6.91. The third kappa shape index (κ3) is 5.44. The van der Waals surface area contributed by atoms with Crippen molar-refractivity contribution in [3.8, 4) is 5.75 Å². The van der Waals surface area contributed by atoms with Gasteiger partial charge in [-0.15, -0.1) is 0 Å². The first-order valence-electron chi connectivity index (χ1n) is 8.44. The second-order valence-electron chi connectivity index (χ2n) is 5.82. The van der Waals surface area contributed by atoms with Crippen molar-refractivity contribution in [1.82, 2.24) is 5.43 Å². The van der Waals surface area contributed by atoms with Gasteiger partial charge in [-0.1, -0.05) is 31.2 Å². The van der Waals surface area contributed by atoms with E-state index in [4.69, 9.17) is 4.74 Å². The van der Waals surface area contributed by atoms with Crippen molar-refractivity contribution in [3.05, 3.63) is 59.2 Å². The molecule has 0 aromatic heterocycles. The fourth-order valence-electron chi connectivity index (χ4n) is 2.19. The summed E-state index contributed by atoms with van der Waals surface area (Å²) in [7, 11) is 0. The van der Waals surface area contributed by atoms with Gasteiger partial charge in [0.15, 0.2) is 0 Å². The average Bonchev–Trinajstić information content (AvgIpc) is 2.64. The summed E-state index contributed by atoms with van der Waals surface area (Å²) in [5, 5.41) is 6.41. The molecule has 2 N–H and O–H groups in total. The summed E-state index contributed by atoms with van der Waals surface area (Å²) >= 11 is 0. The molecule has 0 bridgehead atoms. The van der Waals surface area contributed by atoms with Crippen LogP contribution in [-0.2, 0) is 9.59 Å². The maximum Gasteiger partial charge on any atom is 0.329 e. The molecule has 0 saturated heterocycles. The number of ether oxygens (including phenoxy) is 1. The number of anilines is 1. The monoisotopic (exact) mass is 353 g/mol. The zero-order chi connectivity index (χ0) is 18.9. The molecule has 0 aliphatic heterocycles. The van der Waals surface area contributed by atoms with Crippen molar-refractivity contribution in [2.45, 2.75) is 27.2 Å². The van der Waals surface area contributed by atoms with E-state index in [1.54, 1.807) is 6.07 Å². The van der Waals surface area contributed by atoms with Gasteiger partial charge in [-0.25, -0.2) is 5.43 Å². The van der Waals surface area contributed by atoms with E-state index in [2.05, 4.69) is 15.8 Å². The van der Waals surface area contributed by atoms with Crippen molar-refractivity contribution in [2.24, 2.45) is 5.10 Å². The highest BCUT2D eigenvalue weighted by molar-refractivity contribution is 6.39. The Morgan fingerprint density at radius 3 is 2.65 bits per heavy atom. The lowest BCUT2D eigenvalue weighted by molar-refractivity contribution is -0.136. The minimum Gasteiger partial charge on any atom is -0.494 e. The molecule has 0 radical (unpaired) electrons. The van der Waals surface area contributed by atoms with Crippen molar-refractivity contribution in [2.75, 3.05) is 11.9 Å². The predicted octanol–water partition coefficient (Wildman–Crippen LogP) is 3.18. The summed E-state index contributed by atoms with van der Waals surface area (Å²) in [6.07, 6.45) is 2.38. The molecule has 2 rings (SSSR count). The topological polar surface area (TPSA) is 79.8 Å². The van der Waals surface area contributed by atoms with E-state index < -0.39 is 11.8 Å². The highest BCUT2D eigenvalue weighted by Gasteiger charge is 2.14. The van der Waals surface area contributed by atoms with Crippen molar-refractivity contribution >= 4 is 23.7 Å². The van der Waals surface area contributed by atoms with Gasteiger partial charge in [-0.2, -0.15) is 5.10 Å². The minimum absolute atomic E-state index is 0.606. The lowest BCUT2D eigenvalue weighted by atomic mass is 10.1. The van der Waals surface area contributed by atoms with E-state index in [9.17, 15) is 9.59 Å². The van der Waals surface area contributed by atoms with Gasteiger partial charge in [0.05, 0.1) is 12.8 Å². The fraction of sp³-hybridized carbons (Fsp3) is 0.250. The van der Waals surface area contributed by atoms with Gasteiger partial charge in [0.2, 0.25) is 0 Å². The third-order valence-corrected chi connectivity index (χ3v) is 3.77. The quantitative estimate of drug-likeness (QED) is 0.475. The Labute approximate surface area is 153 Å². The third-order valence-electron chi connectivity index (χ3n) is 3.77. The fourth-order valence-corrected chi connectivity index (χ4v) is 2.19. The summed E-state index contributed by atoms with van der Waals surface area (Å²) < 4.78 is 5.54. The highest BCUT2D eigenvalue weighted by Crippen LogP contribution is 2.17. The van der Waals surface area contributed by atoms with Gasteiger partial charge in [0, 0.05) is 5.69 Å². The SMILES string of the molecule is CCCOc1cccc(/C=N\NC(=O)C(=O)Nc2cccc(C)c2C)c1. The lowest BCUT2D eigenvalue weighted by Gasteiger charge is -2.09. The molecule has 26 heavy (non-hydrogen) atoms. The van der Waals surface area contributed by atoms with E-state index in [0.717, 1.165) is 28.9 Å². The molecule has 0 atom stereocenters. The molecule has 2 aromatic rings. The van der Waals surface area contributed by atoms with Crippen LogP contribution >= 0.6 is 0 Å². The first-order valence-corrected chi connectivity index (χ1v) is 8.44. The number of benzene rings is 2. The average molecular weight is 353 g/mol. The summed E-state index contributed by atoms with van der Waals surface area (Å²) in [6, 6.07) is 12.8. The van der Waals surface area contributed by atoms with Crippen LogP contribution < -0.4 is 15.5 Å². The standard InChI is InChI=1S/C20H23N3O3/c1-4-11-26-17-9-6-8-16(12-17)13-21-23-20(25)19(24)22-18-10-5-7-14(2)15(18)3/h5-10,12-13H,4,11H2,1-3H3,(H,22,24)(H,23,25)/b21-13-. The maximum absolute atomic E-state index is 12.0. The van der Waals surface area contributed by atoms with Gasteiger partial charge < -0.3 is 10.1 Å². The van der Waals surface area contributed by atoms with Crippen LogP contribution in [0, 0.1) is 13.8 Å². The zero-order valence-electron chi connectivity index (χ0n) is 15.2. The molecular formula is C20H23N3O3. The molecule has 2 aromatic carbocycles. The molecule has 0 aliphatic carbocycles. The Balaban J connectivity index is 1.92. The van der Waals surface area contributed by atoms with Crippen LogP contribution in [0.2, 0.25) is 0 Å². The van der Waals surface area contributed by atoms with E-state index in [0.29, 0.717) is 12.3 Å². The molecule has 0 saturated carbocycles. The highest BCUT2D eigenvalue weighted by atomic mass is 16.5. The van der Waals surface area contributed by atoms with Crippen LogP contribution in [0.3, 0.4) is 0 Å². The predicted molar refractivity (Wildman–Crippen MR) is 103 cm³/mol. The van der Waals surface area contributed by atoms with Crippen LogP contribution in [0.15, 0.2) is 47.6 Å². The van der Waals surface area contributed by atoms with Crippen LogP contribution in [0.5, 0.6) is 5.75 Å². The molecule has 0 unspecified atom stereocenters. The number of carbonyl (C=O) groups is 2. The molecule has 0 fully saturated rings. The smallest absolute Gasteiger partial charge is 0.329 e. The molecule has 136 valence electrons. The molecule has 0 heterocycles. The molecule has 0 aliphatic rings. The summed E-state index contributed by atoms with van der Waals surface area (Å²) in [6.45, 7) is 6.49. The number of hydrazone groups is 1. The zero-order valence-corrected chi connectivity index (χ0v) is 15.2. The molecular weight excluding hydrogens is 330 g/mol. The second kappa shape index (κ2) is 9.36. The van der Waals surface area contributed by atoms with E-state index in [-0.39, 0.29) is 0 Å². The van der Waals surface area contributed by atoms with E-state index in [1.165, 1.54) is 6.21 Å². The van der Waals surface area contributed by atoms with Gasteiger partial charge >= 0.3 is 11.8 Å². The first kappa shape index (κ1) is 19.2. The Morgan fingerprint density at radius 1 is 1.12 bits per heavy atom. The van der Waals surface area contributed by atoms with Crippen molar-refractivity contribution in [3.63, 3.8) is 0 Å². The number of nitrogens with one attached hydrogen (secondary N) is 2. The van der Waals surface area contributed by atoms with Crippen LogP contribution in [0.1, 0.15) is 30.0 Å². The number of hydrogen-bond donors (Lipinski definition) is 2. The van der Waals surface area contributed by atoms with Crippen LogP contribution in [0.4, 0.5) is 5.69 Å². The number of hydrogen-bond acceptors (Lipinski definition) is 4. The lowest BCUT2D eigenvalue weighted by Crippen LogP contribution is -2.32. The molecule has 6 nitrogen and oxygen atoms in total. The van der Waals surface area contributed by atoms with Crippen molar-refractivity contribution < 1.29 is 14.3 Å². The van der Waals surface area contributed by atoms with Crippen LogP contribution in [-0.4, -0.2) is 24.6 Å². The van der Waals surface area contributed by atoms with Gasteiger partial charge in [-0.3, -0.25) is 9.59 Å².